The van der Waals surface area contributed by atoms with E-state index in [4.69, 9.17) is 49.2 Å². The predicted molar refractivity (Wildman–Crippen MR) is 298 cm³/mol. The van der Waals surface area contributed by atoms with Crippen molar-refractivity contribution in [2.75, 3.05) is 105 Å². The van der Waals surface area contributed by atoms with E-state index in [2.05, 4.69) is 0 Å². The van der Waals surface area contributed by atoms with E-state index in [0.717, 1.165) is 9.80 Å². The summed E-state index contributed by atoms with van der Waals surface area (Å²) in [6.07, 6.45) is -1.32. The second-order valence-electron chi connectivity index (χ2n) is 24.6. The minimum atomic E-state index is -1.39. The van der Waals surface area contributed by atoms with Crippen molar-refractivity contribution in [3.63, 3.8) is 0 Å². The molecular formula is C54H94N6O24. The van der Waals surface area contributed by atoms with Crippen LogP contribution in [0.4, 0.5) is 0 Å². The summed E-state index contributed by atoms with van der Waals surface area (Å²) in [7, 11) is 0. The lowest BCUT2D eigenvalue weighted by Gasteiger charge is -2.35. The van der Waals surface area contributed by atoms with Gasteiger partial charge in [-0.25, -0.2) is 0 Å². The molecule has 0 aliphatic carbocycles. The number of hydrogen-bond donors (Lipinski definition) is 7. The Hall–Kier alpha value is -6.60. The van der Waals surface area contributed by atoms with Crippen LogP contribution in [0.5, 0.6) is 0 Å². The van der Waals surface area contributed by atoms with Crippen molar-refractivity contribution in [1.29, 1.82) is 0 Å². The Morgan fingerprint density at radius 1 is 0.298 bits per heavy atom. The van der Waals surface area contributed by atoms with Crippen molar-refractivity contribution in [1.82, 2.24) is 29.4 Å². The van der Waals surface area contributed by atoms with Gasteiger partial charge in [-0.3, -0.25) is 86.9 Å². The fraction of sp³-hybridized carbons (Fsp3) is 0.778. The average Bonchev–Trinajstić information content (AvgIpc) is 3.23. The van der Waals surface area contributed by atoms with E-state index in [1.807, 2.05) is 0 Å². The Morgan fingerprint density at radius 3 is 0.714 bits per heavy atom. The molecule has 0 aromatic heterocycles. The van der Waals surface area contributed by atoms with Gasteiger partial charge < -0.3 is 59.4 Å². The molecule has 0 aliphatic heterocycles. The number of carboxylic acids is 7. The van der Waals surface area contributed by atoms with Gasteiger partial charge in [-0.2, -0.15) is 0 Å². The Morgan fingerprint density at radius 2 is 0.512 bits per heavy atom. The highest BCUT2D eigenvalue weighted by Crippen LogP contribution is 2.18. The van der Waals surface area contributed by atoms with Gasteiger partial charge in [-0.15, -0.1) is 0 Å². The molecule has 0 unspecified atom stereocenters. The Bertz CT molecular complexity index is 1990. The molecule has 0 heterocycles. The number of carbonyl (C=O) groups is 12. The molecule has 84 heavy (non-hydrogen) atoms. The summed E-state index contributed by atoms with van der Waals surface area (Å²) >= 11 is 0. The first-order valence-corrected chi connectivity index (χ1v) is 27.1. The molecule has 0 rings (SSSR count). The summed E-state index contributed by atoms with van der Waals surface area (Å²) < 4.78 is 27.7. The zero-order chi connectivity index (χ0) is 65.7. The smallest absolute Gasteiger partial charge is 0.323 e. The number of carbonyl (C=O) groups excluding carboxylic acids is 5. The minimum absolute atomic E-state index is 0.0435. The molecule has 0 saturated carbocycles. The first-order chi connectivity index (χ1) is 38.0. The number of aliphatic carboxylic acids is 7. The van der Waals surface area contributed by atoms with Crippen LogP contribution in [0.2, 0.25) is 0 Å². The van der Waals surface area contributed by atoms with Gasteiger partial charge in [-0.05, 0) is 117 Å². The summed E-state index contributed by atoms with van der Waals surface area (Å²) in [5.41, 5.74) is -4.05. The average molecular weight is 1210 g/mol. The zero-order valence-corrected chi connectivity index (χ0v) is 51.6. The molecular weight excluding hydrogens is 1120 g/mol. The molecule has 0 radical (unpaired) electrons. The molecule has 484 valence electrons. The van der Waals surface area contributed by atoms with E-state index in [-0.39, 0.29) is 97.8 Å². The number of carboxylic acid groups (broad SMARTS) is 7. The normalized spacial score (nSPS) is 13.0. The van der Waals surface area contributed by atoms with Crippen LogP contribution in [0.3, 0.4) is 0 Å². The first kappa shape index (κ1) is 79.5. The van der Waals surface area contributed by atoms with E-state index >= 15 is 0 Å². The highest BCUT2D eigenvalue weighted by atomic mass is 16.6. The molecule has 7 N–H and O–H groups in total. The standard InChI is InChI=1S/C37H67N3O12.C17H27N3O12/c1-33(2,3)48-28(43)22-38(23-29(44)49-34(4,5)6)18-20-40(26(16-17-27(41)42)32(47)52-37(13,14)15)21-19-39(24-30(45)50-35(7,8)9)25-31(46)51-36(10,11)12;21-12(22)2-1-11(17(31)32)20(5-3-18(7-13(23)24)8-14(25)26)6-4-19(9-15(27)28)10-16(29)30/h26H,16-25H2,1-15H3,(H,41,42);11H,1-10H2,(H,21,22)(H,23,24)(H,25,26)(H,27,28)(H,29,30)(H,31,32)/t26-;11-/m00/s1. The Kier molecular flexibility index (Phi) is 35.0. The predicted octanol–water partition coefficient (Wildman–Crippen LogP) is 1.38. The molecule has 0 aromatic carbocycles. The fourth-order valence-electron chi connectivity index (χ4n) is 7.57. The SMILES string of the molecule is CC(C)(C)OC(=O)CN(CCN(CCN(CC(=O)OC(C)(C)C)CC(=O)OC(C)(C)C)[C@@H](CCC(=O)O)C(=O)OC(C)(C)C)CC(=O)OC(C)(C)C.O=C(O)CC[C@@H](C(=O)O)N(CCN(CC(=O)O)CC(=O)O)CCN(CC(=O)O)CC(=O)O. The van der Waals surface area contributed by atoms with Gasteiger partial charge in [0, 0.05) is 65.2 Å². The summed E-state index contributed by atoms with van der Waals surface area (Å²) in [4.78, 5) is 151. The van der Waals surface area contributed by atoms with Crippen LogP contribution in [-0.4, -0.2) is 282 Å². The molecule has 30 heteroatoms. The third kappa shape index (κ3) is 44.9. The van der Waals surface area contributed by atoms with E-state index < -0.39 is 144 Å². The van der Waals surface area contributed by atoms with Gasteiger partial charge in [0.25, 0.3) is 0 Å². The maximum Gasteiger partial charge on any atom is 0.323 e. The van der Waals surface area contributed by atoms with E-state index in [1.165, 1.54) is 14.7 Å². The van der Waals surface area contributed by atoms with E-state index in [1.54, 1.807) is 109 Å². The van der Waals surface area contributed by atoms with E-state index in [9.17, 15) is 67.7 Å². The summed E-state index contributed by atoms with van der Waals surface area (Å²) in [6, 6.07) is -2.44. The molecule has 0 bridgehead atoms. The number of ether oxygens (including phenoxy) is 5. The van der Waals surface area contributed by atoms with Gasteiger partial charge >= 0.3 is 71.6 Å². The lowest BCUT2D eigenvalue weighted by Crippen LogP contribution is -2.51. The highest BCUT2D eigenvalue weighted by molar-refractivity contribution is 5.79. The van der Waals surface area contributed by atoms with Crippen molar-refractivity contribution in [3.05, 3.63) is 0 Å². The van der Waals surface area contributed by atoms with Crippen LogP contribution >= 0.6 is 0 Å². The fourth-order valence-corrected chi connectivity index (χ4v) is 7.57. The highest BCUT2D eigenvalue weighted by Gasteiger charge is 2.34. The van der Waals surface area contributed by atoms with Crippen molar-refractivity contribution in [2.45, 2.75) is 170 Å². The quantitative estimate of drug-likeness (QED) is 0.0339. The number of rotatable bonds is 38. The van der Waals surface area contributed by atoms with Gasteiger partial charge in [0.1, 0.15) is 40.1 Å². The number of esters is 5. The third-order valence-electron chi connectivity index (χ3n) is 10.4. The van der Waals surface area contributed by atoms with Gasteiger partial charge in [0.05, 0.1) is 52.4 Å². The third-order valence-corrected chi connectivity index (χ3v) is 10.4. The minimum Gasteiger partial charge on any atom is -0.481 e. The molecule has 0 aliphatic rings. The number of nitrogens with zero attached hydrogens (tertiary/aromatic N) is 6. The van der Waals surface area contributed by atoms with Gasteiger partial charge in [-0.1, -0.05) is 0 Å². The molecule has 30 nitrogen and oxygen atoms in total. The molecule has 0 fully saturated rings. The largest absolute Gasteiger partial charge is 0.481 e. The topological polar surface area (TPSA) is 412 Å². The van der Waals surface area contributed by atoms with Crippen molar-refractivity contribution in [3.8, 4) is 0 Å². The second-order valence-corrected chi connectivity index (χ2v) is 24.6. The van der Waals surface area contributed by atoms with Crippen LogP contribution in [-0.2, 0) is 81.2 Å². The molecule has 0 saturated heterocycles. The second kappa shape index (κ2) is 37.0. The van der Waals surface area contributed by atoms with Crippen molar-refractivity contribution < 1.29 is 117 Å². The zero-order valence-electron chi connectivity index (χ0n) is 51.6. The maximum atomic E-state index is 13.7. The molecule has 0 amide bonds. The van der Waals surface area contributed by atoms with Crippen molar-refractivity contribution >= 4 is 71.6 Å². The summed E-state index contributed by atoms with van der Waals surface area (Å²) in [5, 5.41) is 63.7. The lowest BCUT2D eigenvalue weighted by atomic mass is 10.1. The Balaban J connectivity index is 0. The molecule has 0 spiro atoms. The van der Waals surface area contributed by atoms with Crippen LogP contribution in [0.15, 0.2) is 0 Å². The molecule has 2 atom stereocenters. The van der Waals surface area contributed by atoms with Gasteiger partial charge in [0.15, 0.2) is 0 Å². The summed E-state index contributed by atoms with van der Waals surface area (Å²) in [5.74, 6) is -12.0. The first-order valence-electron chi connectivity index (χ1n) is 27.1. The van der Waals surface area contributed by atoms with E-state index in [0.29, 0.717) is 0 Å². The number of hydrogen-bond acceptors (Lipinski definition) is 23. The maximum absolute atomic E-state index is 13.7. The van der Waals surface area contributed by atoms with Crippen LogP contribution in [0, 0.1) is 0 Å². The Labute approximate surface area is 491 Å². The summed E-state index contributed by atoms with van der Waals surface area (Å²) in [6.45, 7) is 21.4. The van der Waals surface area contributed by atoms with Gasteiger partial charge in [0.2, 0.25) is 0 Å². The monoisotopic (exact) mass is 1210 g/mol. The van der Waals surface area contributed by atoms with Crippen molar-refractivity contribution in [2.24, 2.45) is 0 Å². The van der Waals surface area contributed by atoms with Crippen LogP contribution < -0.4 is 0 Å². The van der Waals surface area contributed by atoms with Crippen LogP contribution in [0.25, 0.3) is 0 Å². The lowest BCUT2D eigenvalue weighted by molar-refractivity contribution is -0.165. The molecule has 0 aromatic rings. The van der Waals surface area contributed by atoms with Crippen LogP contribution in [0.1, 0.15) is 130 Å².